The zero-order chi connectivity index (χ0) is 12.8. The molecule has 2 aliphatic heterocycles. The van der Waals surface area contributed by atoms with E-state index < -0.39 is 0 Å². The van der Waals surface area contributed by atoms with E-state index in [4.69, 9.17) is 0 Å². The van der Waals surface area contributed by atoms with Crippen molar-refractivity contribution < 1.29 is 4.79 Å². The van der Waals surface area contributed by atoms with Crippen molar-refractivity contribution in [2.24, 2.45) is 0 Å². The van der Waals surface area contributed by atoms with Crippen molar-refractivity contribution in [2.75, 3.05) is 0 Å². The first-order chi connectivity index (χ1) is 9.36. The quantitative estimate of drug-likeness (QED) is 0.762. The van der Waals surface area contributed by atoms with Crippen molar-refractivity contribution >= 4 is 5.78 Å². The van der Waals surface area contributed by atoms with Crippen LogP contribution in [0.5, 0.6) is 0 Å². The van der Waals surface area contributed by atoms with E-state index in [1.54, 1.807) is 6.08 Å². The zero-order valence-corrected chi connectivity index (χ0v) is 11.1. The Balaban J connectivity index is 1.78. The molecule has 2 nitrogen and oxygen atoms in total. The van der Waals surface area contributed by atoms with Gasteiger partial charge in [0, 0.05) is 6.04 Å². The molecule has 0 spiro atoms. The lowest BCUT2D eigenvalue weighted by atomic mass is 9.91. The molecular weight excluding hydrogens is 234 g/mol. The normalized spacial score (nSPS) is 30.6. The van der Waals surface area contributed by atoms with Crippen LogP contribution in [0.15, 0.2) is 36.4 Å². The van der Waals surface area contributed by atoms with Crippen LogP contribution in [-0.4, -0.2) is 16.7 Å². The van der Waals surface area contributed by atoms with Gasteiger partial charge in [-0.1, -0.05) is 49.6 Å². The standard InChI is InChI=1S/C17H19NO/c19-16-11-10-15-13-8-4-5-9-14(13)17(16)18(15)12-6-2-1-3-7-12/h4-5,8-12,15,17H,1-3,6-7H2. The largest absolute Gasteiger partial charge is 0.293 e. The molecule has 0 amide bonds. The van der Waals surface area contributed by atoms with Gasteiger partial charge in [-0.15, -0.1) is 0 Å². The number of fused-ring (bicyclic) bond motifs is 5. The van der Waals surface area contributed by atoms with Crippen LogP contribution in [0.3, 0.4) is 0 Å². The Morgan fingerprint density at radius 3 is 2.53 bits per heavy atom. The zero-order valence-electron chi connectivity index (χ0n) is 11.1. The third-order valence-corrected chi connectivity index (χ3v) is 4.94. The van der Waals surface area contributed by atoms with E-state index in [-0.39, 0.29) is 11.8 Å². The van der Waals surface area contributed by atoms with Gasteiger partial charge in [-0.05, 0) is 30.0 Å². The van der Waals surface area contributed by atoms with Gasteiger partial charge in [0.25, 0.3) is 0 Å². The Bertz CT molecular complexity index is 542. The molecule has 2 unspecified atom stereocenters. The first-order valence-corrected chi connectivity index (χ1v) is 7.44. The highest BCUT2D eigenvalue weighted by molar-refractivity contribution is 5.97. The summed E-state index contributed by atoms with van der Waals surface area (Å²) >= 11 is 0. The number of rotatable bonds is 1. The highest BCUT2D eigenvalue weighted by Crippen LogP contribution is 2.49. The number of hydrogen-bond acceptors (Lipinski definition) is 2. The van der Waals surface area contributed by atoms with Crippen LogP contribution in [0, 0.1) is 0 Å². The van der Waals surface area contributed by atoms with Crippen molar-refractivity contribution in [1.29, 1.82) is 0 Å². The van der Waals surface area contributed by atoms with Crippen LogP contribution in [0.2, 0.25) is 0 Å². The molecule has 2 bridgehead atoms. The molecule has 98 valence electrons. The molecule has 1 aliphatic carbocycles. The van der Waals surface area contributed by atoms with Crippen molar-refractivity contribution in [1.82, 2.24) is 4.90 Å². The number of nitrogens with zero attached hydrogens (tertiary/aromatic N) is 1. The summed E-state index contributed by atoms with van der Waals surface area (Å²) in [5.41, 5.74) is 2.59. The summed E-state index contributed by atoms with van der Waals surface area (Å²) < 4.78 is 0. The average molecular weight is 253 g/mol. The van der Waals surface area contributed by atoms with Gasteiger partial charge in [-0.3, -0.25) is 9.69 Å². The fourth-order valence-electron chi connectivity index (χ4n) is 4.11. The monoisotopic (exact) mass is 253 g/mol. The summed E-state index contributed by atoms with van der Waals surface area (Å²) in [6.45, 7) is 0. The molecular formula is C17H19NO. The van der Waals surface area contributed by atoms with Gasteiger partial charge < -0.3 is 0 Å². The smallest absolute Gasteiger partial charge is 0.177 e. The molecule has 4 rings (SSSR count). The highest BCUT2D eigenvalue weighted by atomic mass is 16.1. The molecule has 0 saturated heterocycles. The Morgan fingerprint density at radius 1 is 1.00 bits per heavy atom. The van der Waals surface area contributed by atoms with Crippen molar-refractivity contribution in [3.63, 3.8) is 0 Å². The summed E-state index contributed by atoms with van der Waals surface area (Å²) in [7, 11) is 0. The van der Waals surface area contributed by atoms with E-state index in [1.165, 1.54) is 43.2 Å². The van der Waals surface area contributed by atoms with Crippen LogP contribution >= 0.6 is 0 Å². The van der Waals surface area contributed by atoms with Gasteiger partial charge in [0.05, 0.1) is 12.1 Å². The molecule has 19 heavy (non-hydrogen) atoms. The summed E-state index contributed by atoms with van der Waals surface area (Å²) in [5, 5.41) is 0. The Hall–Kier alpha value is -1.41. The van der Waals surface area contributed by atoms with Crippen molar-refractivity contribution in [2.45, 2.75) is 50.2 Å². The molecule has 3 aliphatic rings. The SMILES string of the molecule is O=C1C=CC2c3ccccc3C1N2C1CCCCC1. The van der Waals surface area contributed by atoms with Crippen LogP contribution in [0.1, 0.15) is 55.3 Å². The minimum Gasteiger partial charge on any atom is -0.293 e. The number of carbonyl (C=O) groups excluding carboxylic acids is 1. The summed E-state index contributed by atoms with van der Waals surface area (Å²) in [4.78, 5) is 14.8. The van der Waals surface area contributed by atoms with Crippen LogP contribution in [0.4, 0.5) is 0 Å². The molecule has 0 N–H and O–H groups in total. The van der Waals surface area contributed by atoms with Gasteiger partial charge in [-0.2, -0.15) is 0 Å². The van der Waals surface area contributed by atoms with Crippen LogP contribution < -0.4 is 0 Å². The predicted molar refractivity (Wildman–Crippen MR) is 74.8 cm³/mol. The Morgan fingerprint density at radius 2 is 1.74 bits per heavy atom. The number of hydrogen-bond donors (Lipinski definition) is 0. The molecule has 2 atom stereocenters. The maximum Gasteiger partial charge on any atom is 0.177 e. The first kappa shape index (κ1) is 11.4. The van der Waals surface area contributed by atoms with Gasteiger partial charge in [-0.25, -0.2) is 0 Å². The number of benzene rings is 1. The lowest BCUT2D eigenvalue weighted by Gasteiger charge is -2.39. The van der Waals surface area contributed by atoms with Crippen LogP contribution in [-0.2, 0) is 4.79 Å². The van der Waals surface area contributed by atoms with E-state index in [0.29, 0.717) is 12.1 Å². The van der Waals surface area contributed by atoms with Gasteiger partial charge in [0.1, 0.15) is 0 Å². The molecule has 1 saturated carbocycles. The topological polar surface area (TPSA) is 20.3 Å². The van der Waals surface area contributed by atoms with E-state index in [0.717, 1.165) is 0 Å². The van der Waals surface area contributed by atoms with E-state index in [2.05, 4.69) is 35.2 Å². The predicted octanol–water partition coefficient (Wildman–Crippen LogP) is 3.56. The van der Waals surface area contributed by atoms with Crippen LogP contribution in [0.25, 0.3) is 0 Å². The van der Waals surface area contributed by atoms with E-state index in [9.17, 15) is 4.79 Å². The molecule has 1 fully saturated rings. The molecule has 1 aromatic carbocycles. The third kappa shape index (κ3) is 1.63. The van der Waals surface area contributed by atoms with Gasteiger partial charge >= 0.3 is 0 Å². The molecule has 0 aromatic heterocycles. The molecule has 0 radical (unpaired) electrons. The van der Waals surface area contributed by atoms with Gasteiger partial charge in [0.15, 0.2) is 5.78 Å². The number of carbonyl (C=O) groups is 1. The fourth-order valence-corrected chi connectivity index (χ4v) is 4.11. The first-order valence-electron chi connectivity index (χ1n) is 7.44. The minimum atomic E-state index is -0.00528. The maximum absolute atomic E-state index is 12.3. The van der Waals surface area contributed by atoms with Gasteiger partial charge in [0.2, 0.25) is 0 Å². The second kappa shape index (κ2) is 4.31. The van der Waals surface area contributed by atoms with E-state index >= 15 is 0 Å². The minimum absolute atomic E-state index is 0.00528. The summed E-state index contributed by atoms with van der Waals surface area (Å²) in [6, 6.07) is 9.41. The molecule has 2 heteroatoms. The lowest BCUT2D eigenvalue weighted by molar-refractivity contribution is -0.122. The van der Waals surface area contributed by atoms with Crippen molar-refractivity contribution in [3.05, 3.63) is 47.5 Å². The average Bonchev–Trinajstić information content (AvgIpc) is 2.73. The number of ketones is 1. The molecule has 2 heterocycles. The summed E-state index contributed by atoms with van der Waals surface area (Å²) in [5.74, 6) is 0.270. The summed E-state index contributed by atoms with van der Waals surface area (Å²) in [6.07, 6.45) is 10.4. The van der Waals surface area contributed by atoms with E-state index in [1.807, 2.05) is 0 Å². The second-order valence-electron chi connectivity index (χ2n) is 5.98. The second-order valence-corrected chi connectivity index (χ2v) is 5.98. The lowest BCUT2D eigenvalue weighted by Crippen LogP contribution is -2.41. The Labute approximate surface area is 114 Å². The molecule has 1 aromatic rings. The van der Waals surface area contributed by atoms with Crippen molar-refractivity contribution in [3.8, 4) is 0 Å². The maximum atomic E-state index is 12.3. The highest BCUT2D eigenvalue weighted by Gasteiger charge is 2.45. The third-order valence-electron chi connectivity index (χ3n) is 4.94. The Kier molecular flexibility index (Phi) is 2.59. The fraction of sp³-hybridized carbons (Fsp3) is 0.471.